The van der Waals surface area contributed by atoms with Crippen LogP contribution in [0.25, 0.3) is 11.0 Å². The fourth-order valence-electron chi connectivity index (χ4n) is 3.06. The van der Waals surface area contributed by atoms with E-state index in [2.05, 4.69) is 21.5 Å². The van der Waals surface area contributed by atoms with Crippen molar-refractivity contribution in [3.05, 3.63) is 60.6 Å². The molecule has 1 amide bonds. The van der Waals surface area contributed by atoms with E-state index in [-0.39, 0.29) is 30.9 Å². The van der Waals surface area contributed by atoms with Gasteiger partial charge in [0.05, 0.1) is 30.0 Å². The summed E-state index contributed by atoms with van der Waals surface area (Å²) in [5.41, 5.74) is 3.59. The van der Waals surface area contributed by atoms with E-state index < -0.39 is 6.43 Å². The monoisotopic (exact) mass is 370 g/mol. The molecule has 1 aromatic carbocycles. The molecule has 0 spiro atoms. The number of ether oxygens (including phenoxy) is 1. The van der Waals surface area contributed by atoms with Gasteiger partial charge in [-0.3, -0.25) is 9.69 Å². The topological polar surface area (TPSA) is 71.1 Å². The Kier molecular flexibility index (Phi) is 4.31. The summed E-state index contributed by atoms with van der Waals surface area (Å²) in [7, 11) is 0. The lowest BCUT2D eigenvalue weighted by Gasteiger charge is -2.42. The van der Waals surface area contributed by atoms with Gasteiger partial charge < -0.3 is 9.72 Å². The third-order valence-electron chi connectivity index (χ3n) is 4.43. The first kappa shape index (κ1) is 17.1. The molecule has 1 aliphatic heterocycles. The maximum Gasteiger partial charge on any atom is 0.256 e. The number of anilines is 1. The molecule has 0 radical (unpaired) electrons. The number of nitrogens with one attached hydrogen (secondary N) is 1. The first-order valence-corrected chi connectivity index (χ1v) is 8.37. The number of pyridine rings is 1. The molecule has 1 atom stereocenters. The van der Waals surface area contributed by atoms with Crippen molar-refractivity contribution in [1.29, 1.82) is 0 Å². The Morgan fingerprint density at radius 2 is 2.11 bits per heavy atom. The van der Waals surface area contributed by atoms with E-state index in [9.17, 15) is 13.6 Å². The molecule has 0 bridgehead atoms. The van der Waals surface area contributed by atoms with Crippen LogP contribution in [0.15, 0.2) is 55.0 Å². The number of alkyl halides is 2. The van der Waals surface area contributed by atoms with Crippen molar-refractivity contribution in [2.24, 2.45) is 0 Å². The van der Waals surface area contributed by atoms with Gasteiger partial charge in [-0.25, -0.2) is 18.7 Å². The molecule has 3 heterocycles. The van der Waals surface area contributed by atoms with Crippen LogP contribution in [0.4, 0.5) is 14.5 Å². The third kappa shape index (κ3) is 3.14. The maximum atomic E-state index is 12.4. The van der Waals surface area contributed by atoms with Crippen LogP contribution in [0, 0.1) is 0 Å². The number of β-lactam (4-membered cyclic amide) rings is 1. The van der Waals surface area contributed by atoms with Gasteiger partial charge in [0.2, 0.25) is 12.3 Å². The fraction of sp³-hybridized carbons (Fsp3) is 0.211. The molecule has 2 aromatic heterocycles. The van der Waals surface area contributed by atoms with Crippen molar-refractivity contribution >= 4 is 22.6 Å². The minimum atomic E-state index is -2.41. The summed E-state index contributed by atoms with van der Waals surface area (Å²) in [5.74, 6) is 0.104. The molecular weight excluding hydrogens is 354 g/mol. The molecule has 1 unspecified atom stereocenters. The van der Waals surface area contributed by atoms with Crippen LogP contribution >= 0.6 is 0 Å². The van der Waals surface area contributed by atoms with E-state index in [1.54, 1.807) is 29.6 Å². The number of carbonyl (C=O) groups excluding carboxylic acids is 1. The molecule has 1 fully saturated rings. The van der Waals surface area contributed by atoms with E-state index in [4.69, 9.17) is 4.74 Å². The summed E-state index contributed by atoms with van der Waals surface area (Å²) in [6.45, 7) is 3.76. The number of H-pyrrole nitrogens is 1. The first-order chi connectivity index (χ1) is 13.0. The maximum absolute atomic E-state index is 12.4. The van der Waals surface area contributed by atoms with Crippen LogP contribution in [-0.2, 0) is 4.79 Å². The highest BCUT2D eigenvalue weighted by molar-refractivity contribution is 6.15. The molecule has 27 heavy (non-hydrogen) atoms. The summed E-state index contributed by atoms with van der Waals surface area (Å²) in [5, 5.41) is 0. The number of halogens is 2. The Morgan fingerprint density at radius 3 is 2.85 bits per heavy atom. The van der Waals surface area contributed by atoms with E-state index in [1.165, 1.54) is 0 Å². The van der Waals surface area contributed by atoms with Crippen molar-refractivity contribution in [2.75, 3.05) is 11.5 Å². The van der Waals surface area contributed by atoms with Crippen LogP contribution in [0.5, 0.6) is 5.88 Å². The average Bonchev–Trinajstić information content (AvgIpc) is 3.13. The zero-order valence-corrected chi connectivity index (χ0v) is 14.2. The highest BCUT2D eigenvalue weighted by Gasteiger charge is 2.42. The summed E-state index contributed by atoms with van der Waals surface area (Å²) in [6, 6.07) is 8.56. The SMILES string of the molecule is C=C1C(=O)N(c2ccc3[nH]cnc3c2)C1c1ccc(OCCC(F)F)nc1. The van der Waals surface area contributed by atoms with Crippen LogP contribution in [0.2, 0.25) is 0 Å². The van der Waals surface area contributed by atoms with Gasteiger partial charge in [0.15, 0.2) is 0 Å². The minimum Gasteiger partial charge on any atom is -0.477 e. The van der Waals surface area contributed by atoms with Gasteiger partial charge >= 0.3 is 0 Å². The predicted octanol–water partition coefficient (Wildman–Crippen LogP) is 3.64. The number of aromatic nitrogens is 3. The van der Waals surface area contributed by atoms with Gasteiger partial charge in [0.1, 0.15) is 0 Å². The van der Waals surface area contributed by atoms with Crippen molar-refractivity contribution < 1.29 is 18.3 Å². The smallest absolute Gasteiger partial charge is 0.256 e. The molecule has 6 nitrogen and oxygen atoms in total. The number of hydrogen-bond donors (Lipinski definition) is 1. The molecule has 0 aliphatic carbocycles. The summed E-state index contributed by atoms with van der Waals surface area (Å²) in [4.78, 5) is 25.4. The van der Waals surface area contributed by atoms with Crippen molar-refractivity contribution in [3.63, 3.8) is 0 Å². The number of carbonyl (C=O) groups is 1. The predicted molar refractivity (Wildman–Crippen MR) is 95.8 cm³/mol. The molecule has 1 saturated heterocycles. The lowest BCUT2D eigenvalue weighted by Crippen LogP contribution is -2.48. The van der Waals surface area contributed by atoms with Crippen molar-refractivity contribution in [1.82, 2.24) is 15.0 Å². The number of hydrogen-bond acceptors (Lipinski definition) is 4. The molecule has 138 valence electrons. The number of nitrogens with zero attached hydrogens (tertiary/aromatic N) is 3. The van der Waals surface area contributed by atoms with E-state index in [0.29, 0.717) is 11.3 Å². The van der Waals surface area contributed by atoms with Crippen molar-refractivity contribution in [2.45, 2.75) is 18.9 Å². The van der Waals surface area contributed by atoms with Crippen LogP contribution in [0.1, 0.15) is 18.0 Å². The zero-order chi connectivity index (χ0) is 19.0. The molecule has 1 N–H and O–H groups in total. The van der Waals surface area contributed by atoms with Gasteiger partial charge in [-0.05, 0) is 29.8 Å². The van der Waals surface area contributed by atoms with E-state index in [0.717, 1.165) is 16.6 Å². The Bertz CT molecular complexity index is 1000. The van der Waals surface area contributed by atoms with Gasteiger partial charge in [0.25, 0.3) is 5.91 Å². The lowest BCUT2D eigenvalue weighted by molar-refractivity contribution is -0.118. The van der Waals surface area contributed by atoms with Gasteiger partial charge in [-0.2, -0.15) is 0 Å². The molecule has 4 rings (SSSR count). The molecule has 3 aromatic rings. The molecule has 1 aliphatic rings. The van der Waals surface area contributed by atoms with Crippen LogP contribution in [-0.4, -0.2) is 33.9 Å². The molecular formula is C19H16F2N4O2. The van der Waals surface area contributed by atoms with Crippen molar-refractivity contribution in [3.8, 4) is 5.88 Å². The Morgan fingerprint density at radius 1 is 1.26 bits per heavy atom. The van der Waals surface area contributed by atoms with Crippen LogP contribution < -0.4 is 9.64 Å². The minimum absolute atomic E-state index is 0.103. The molecule has 8 heteroatoms. The van der Waals surface area contributed by atoms with Gasteiger partial charge in [-0.1, -0.05) is 6.58 Å². The van der Waals surface area contributed by atoms with E-state index >= 15 is 0 Å². The Hall–Kier alpha value is -3.29. The quantitative estimate of drug-likeness (QED) is 0.531. The molecule has 0 saturated carbocycles. The normalized spacial score (nSPS) is 16.9. The number of aromatic amines is 1. The number of benzene rings is 1. The highest BCUT2D eigenvalue weighted by Crippen LogP contribution is 2.42. The van der Waals surface area contributed by atoms with Gasteiger partial charge in [-0.15, -0.1) is 0 Å². The standard InChI is InChI=1S/C19H16F2N4O2/c1-11-18(12-2-5-17(22-9-12)27-7-6-16(20)21)25(19(11)26)13-3-4-14-15(8-13)24-10-23-14/h2-5,8-10,16,18H,1,6-7H2,(H,23,24). The Labute approximate surface area is 153 Å². The summed E-state index contributed by atoms with van der Waals surface area (Å²) >= 11 is 0. The average molecular weight is 370 g/mol. The van der Waals surface area contributed by atoms with E-state index in [1.807, 2.05) is 18.2 Å². The largest absolute Gasteiger partial charge is 0.477 e. The fourth-order valence-corrected chi connectivity index (χ4v) is 3.06. The zero-order valence-electron chi connectivity index (χ0n) is 14.2. The highest BCUT2D eigenvalue weighted by atomic mass is 19.3. The second-order valence-electron chi connectivity index (χ2n) is 6.16. The van der Waals surface area contributed by atoms with Gasteiger partial charge in [0, 0.05) is 29.9 Å². The number of fused-ring (bicyclic) bond motifs is 1. The lowest BCUT2D eigenvalue weighted by atomic mass is 9.89. The number of amides is 1. The third-order valence-corrected chi connectivity index (χ3v) is 4.43. The first-order valence-electron chi connectivity index (χ1n) is 8.37. The summed E-state index contributed by atoms with van der Waals surface area (Å²) in [6.07, 6.45) is 0.411. The second kappa shape index (κ2) is 6.79. The number of imidazole rings is 1. The number of rotatable bonds is 6. The Balaban J connectivity index is 1.54. The second-order valence-corrected chi connectivity index (χ2v) is 6.16. The summed E-state index contributed by atoms with van der Waals surface area (Å²) < 4.78 is 29.5. The van der Waals surface area contributed by atoms with Crippen LogP contribution in [0.3, 0.4) is 0 Å².